The summed E-state index contributed by atoms with van der Waals surface area (Å²) in [5, 5.41) is 3.59. The third-order valence-electron chi connectivity index (χ3n) is 5.35. The topological polar surface area (TPSA) is 55.1 Å². The van der Waals surface area contributed by atoms with Crippen LogP contribution in [0.25, 0.3) is 6.08 Å². The number of hydrogen-bond acceptors (Lipinski definition) is 3. The summed E-state index contributed by atoms with van der Waals surface area (Å²) in [4.78, 5) is 12.1. The van der Waals surface area contributed by atoms with Crippen LogP contribution in [-0.4, -0.2) is 12.3 Å². The molecule has 0 saturated heterocycles. The first kappa shape index (κ1) is 19.4. The highest BCUT2D eigenvalue weighted by Crippen LogP contribution is 2.22. The molecule has 0 spiro atoms. The lowest BCUT2D eigenvalue weighted by molar-refractivity contribution is -0.113. The zero-order chi connectivity index (χ0) is 18.9. The van der Waals surface area contributed by atoms with Gasteiger partial charge in [-0.2, -0.15) is 0 Å². The van der Waals surface area contributed by atoms with E-state index in [1.807, 2.05) is 30.3 Å². The third kappa shape index (κ3) is 6.37. The molecule has 1 saturated carbocycles. The summed E-state index contributed by atoms with van der Waals surface area (Å²) in [5.74, 6) is 0.914. The number of rotatable bonds is 8. The number of nitrogen functional groups attached to an aromatic ring is 1. The van der Waals surface area contributed by atoms with Crippen molar-refractivity contribution in [2.24, 2.45) is 5.92 Å². The Balaban J connectivity index is 1.44. The van der Waals surface area contributed by atoms with Crippen molar-refractivity contribution in [3.63, 3.8) is 0 Å². The maximum absolute atomic E-state index is 12.1. The van der Waals surface area contributed by atoms with Gasteiger partial charge in [-0.25, -0.2) is 0 Å². The van der Waals surface area contributed by atoms with Crippen LogP contribution >= 0.6 is 0 Å². The van der Waals surface area contributed by atoms with Crippen molar-refractivity contribution >= 4 is 17.5 Å². The Labute approximate surface area is 162 Å². The lowest BCUT2D eigenvalue weighted by Crippen LogP contribution is -2.24. The van der Waals surface area contributed by atoms with E-state index >= 15 is 0 Å². The first-order valence-electron chi connectivity index (χ1n) is 10.0. The second kappa shape index (κ2) is 10.1. The van der Waals surface area contributed by atoms with Gasteiger partial charge in [0.25, 0.3) is 0 Å². The summed E-state index contributed by atoms with van der Waals surface area (Å²) in [5.41, 5.74) is 9.78. The molecule has 0 radical (unpaired) electrons. The molecule has 1 aliphatic carbocycles. The summed E-state index contributed by atoms with van der Waals surface area (Å²) in [6.07, 6.45) is 10.8. The maximum Gasteiger partial charge on any atom is 0.160 e. The molecular weight excluding hydrogens is 332 g/mol. The number of nitrogens with two attached hydrogens (primary N) is 1. The quantitative estimate of drug-likeness (QED) is 0.526. The second-order valence-electron chi connectivity index (χ2n) is 7.55. The van der Waals surface area contributed by atoms with Crippen molar-refractivity contribution in [2.75, 3.05) is 12.3 Å². The highest BCUT2D eigenvalue weighted by Gasteiger charge is 2.12. The first-order chi connectivity index (χ1) is 13.2. The molecule has 0 aromatic heterocycles. The Morgan fingerprint density at radius 2 is 1.78 bits per heavy atom. The molecular formula is C24H30N2O. The van der Waals surface area contributed by atoms with Gasteiger partial charge in [-0.3, -0.25) is 4.79 Å². The van der Waals surface area contributed by atoms with Crippen LogP contribution in [0.5, 0.6) is 0 Å². The van der Waals surface area contributed by atoms with Crippen molar-refractivity contribution in [3.8, 4) is 0 Å². The molecule has 3 rings (SSSR count). The van der Waals surface area contributed by atoms with Gasteiger partial charge in [0.1, 0.15) is 0 Å². The molecule has 3 N–H and O–H groups in total. The molecule has 0 heterocycles. The van der Waals surface area contributed by atoms with Gasteiger partial charge in [-0.15, -0.1) is 0 Å². The number of anilines is 1. The highest BCUT2D eigenvalue weighted by molar-refractivity contribution is 5.95. The van der Waals surface area contributed by atoms with E-state index in [1.54, 1.807) is 6.08 Å². The van der Waals surface area contributed by atoms with Crippen LogP contribution in [-0.2, 0) is 17.8 Å². The van der Waals surface area contributed by atoms with Crippen LogP contribution in [0.1, 0.15) is 48.8 Å². The summed E-state index contributed by atoms with van der Waals surface area (Å²) < 4.78 is 0. The number of benzene rings is 2. The van der Waals surface area contributed by atoms with E-state index in [0.29, 0.717) is 12.1 Å². The minimum absolute atomic E-state index is 0.0612. The van der Waals surface area contributed by atoms with Crippen LogP contribution < -0.4 is 11.1 Å². The van der Waals surface area contributed by atoms with E-state index in [-0.39, 0.29) is 5.78 Å². The largest absolute Gasteiger partial charge is 0.398 e. The second-order valence-corrected chi connectivity index (χ2v) is 7.55. The van der Waals surface area contributed by atoms with Crippen LogP contribution in [0.15, 0.2) is 54.6 Å². The minimum atomic E-state index is 0.0612. The smallest absolute Gasteiger partial charge is 0.160 e. The number of para-hydroxylation sites is 1. The van der Waals surface area contributed by atoms with E-state index in [4.69, 9.17) is 5.73 Å². The van der Waals surface area contributed by atoms with Crippen LogP contribution in [0.2, 0.25) is 0 Å². The fourth-order valence-electron chi connectivity index (χ4n) is 3.69. The molecule has 0 aliphatic heterocycles. The molecule has 3 nitrogen and oxygen atoms in total. The number of ketones is 1. The molecule has 1 fully saturated rings. The van der Waals surface area contributed by atoms with Gasteiger partial charge in [0.2, 0.25) is 0 Å². The van der Waals surface area contributed by atoms with Crippen molar-refractivity contribution in [1.82, 2.24) is 5.32 Å². The lowest BCUT2D eigenvalue weighted by Gasteiger charge is -2.21. The van der Waals surface area contributed by atoms with E-state index in [0.717, 1.165) is 30.1 Å². The Hall–Kier alpha value is -2.39. The van der Waals surface area contributed by atoms with Crippen LogP contribution in [0, 0.1) is 5.92 Å². The molecule has 0 bridgehead atoms. The van der Waals surface area contributed by atoms with Crippen molar-refractivity contribution in [2.45, 2.75) is 45.1 Å². The van der Waals surface area contributed by atoms with E-state index < -0.39 is 0 Å². The number of hydrogen-bond donors (Lipinski definition) is 2. The maximum atomic E-state index is 12.1. The van der Waals surface area contributed by atoms with Gasteiger partial charge in [-0.05, 0) is 54.1 Å². The first-order valence-corrected chi connectivity index (χ1v) is 10.0. The molecule has 0 amide bonds. The highest BCUT2D eigenvalue weighted by atomic mass is 16.1. The summed E-state index contributed by atoms with van der Waals surface area (Å²) in [6, 6.07) is 15.9. The van der Waals surface area contributed by atoms with Gasteiger partial charge >= 0.3 is 0 Å². The van der Waals surface area contributed by atoms with Gasteiger partial charge in [-0.1, -0.05) is 67.8 Å². The molecule has 27 heavy (non-hydrogen) atoms. The molecule has 0 atom stereocenters. The van der Waals surface area contributed by atoms with E-state index in [2.05, 4.69) is 29.6 Å². The van der Waals surface area contributed by atoms with Crippen LogP contribution in [0.4, 0.5) is 5.69 Å². The predicted octanol–water partition coefficient (Wildman–Crippen LogP) is 4.76. The number of nitrogens with one attached hydrogen (secondary N) is 1. The molecule has 1 aliphatic rings. The summed E-state index contributed by atoms with van der Waals surface area (Å²) in [7, 11) is 0. The Morgan fingerprint density at radius 1 is 1.04 bits per heavy atom. The summed E-state index contributed by atoms with van der Waals surface area (Å²) >= 11 is 0. The van der Waals surface area contributed by atoms with Gasteiger partial charge in [0.05, 0.1) is 0 Å². The molecule has 3 heteroatoms. The molecule has 142 valence electrons. The van der Waals surface area contributed by atoms with Crippen LogP contribution in [0.3, 0.4) is 0 Å². The predicted molar refractivity (Wildman–Crippen MR) is 113 cm³/mol. The van der Waals surface area contributed by atoms with E-state index in [1.165, 1.54) is 37.7 Å². The average molecular weight is 363 g/mol. The average Bonchev–Trinajstić information content (AvgIpc) is 2.70. The van der Waals surface area contributed by atoms with Crippen molar-refractivity contribution in [3.05, 3.63) is 71.3 Å². The fraction of sp³-hybridized carbons (Fsp3) is 0.375. The summed E-state index contributed by atoms with van der Waals surface area (Å²) in [6.45, 7) is 2.03. The number of carbonyl (C=O) groups is 1. The SMILES string of the molecule is Nc1ccccc1CC(=O)/C=C/c1ccc(CNCC2CCCCC2)cc1. The zero-order valence-corrected chi connectivity index (χ0v) is 16.0. The standard InChI is InChI=1S/C24H30N2O/c25-24-9-5-4-8-22(24)16-23(27)15-14-19-10-12-21(13-11-19)18-26-17-20-6-2-1-3-7-20/h4-5,8-15,20,26H,1-3,6-7,16-18,25H2/b15-14+. The van der Waals surface area contributed by atoms with Gasteiger partial charge in [0.15, 0.2) is 5.78 Å². The fourth-order valence-corrected chi connectivity index (χ4v) is 3.69. The Bertz CT molecular complexity index is 758. The van der Waals surface area contributed by atoms with Gasteiger partial charge < -0.3 is 11.1 Å². The lowest BCUT2D eigenvalue weighted by atomic mass is 9.89. The Morgan fingerprint density at radius 3 is 2.52 bits per heavy atom. The minimum Gasteiger partial charge on any atom is -0.398 e. The molecule has 2 aromatic rings. The number of allylic oxidation sites excluding steroid dienone is 1. The van der Waals surface area contributed by atoms with Crippen molar-refractivity contribution in [1.29, 1.82) is 0 Å². The Kier molecular flexibility index (Phi) is 7.23. The third-order valence-corrected chi connectivity index (χ3v) is 5.35. The van der Waals surface area contributed by atoms with Gasteiger partial charge in [0, 0.05) is 18.7 Å². The van der Waals surface area contributed by atoms with E-state index in [9.17, 15) is 4.79 Å². The normalized spacial score (nSPS) is 15.3. The van der Waals surface area contributed by atoms with Crippen molar-refractivity contribution < 1.29 is 4.79 Å². The molecule has 0 unspecified atom stereocenters. The zero-order valence-electron chi connectivity index (χ0n) is 16.0. The molecule has 2 aromatic carbocycles. The number of carbonyl (C=O) groups excluding carboxylic acids is 1. The monoisotopic (exact) mass is 362 g/mol.